The number of carbonyl (C=O) groups is 2. The van der Waals surface area contributed by atoms with Gasteiger partial charge in [-0.05, 0) is 35.8 Å². The van der Waals surface area contributed by atoms with Crippen LogP contribution in [-0.4, -0.2) is 38.6 Å². The number of hydrogen-bond acceptors (Lipinski definition) is 4. The highest BCUT2D eigenvalue weighted by molar-refractivity contribution is 6.54. The number of carboxylic acids is 1. The Labute approximate surface area is 163 Å². The van der Waals surface area contributed by atoms with Gasteiger partial charge in [0.1, 0.15) is 5.71 Å². The molecule has 28 heavy (non-hydrogen) atoms. The number of fused-ring (bicyclic) bond motifs is 2. The van der Waals surface area contributed by atoms with Gasteiger partial charge in [-0.15, -0.1) is 0 Å². The molecular formula is C22H23N3O3. The van der Waals surface area contributed by atoms with Crippen LogP contribution in [0.3, 0.4) is 0 Å². The molecule has 0 saturated heterocycles. The van der Waals surface area contributed by atoms with Crippen LogP contribution < -0.4 is 0 Å². The number of nitrogens with one attached hydrogen (secondary N) is 1. The number of carboxylic acid groups (broad SMARTS) is 1. The number of ketones is 1. The Bertz CT molecular complexity index is 1000. The summed E-state index contributed by atoms with van der Waals surface area (Å²) in [5.41, 5.74) is 4.71. The van der Waals surface area contributed by atoms with E-state index >= 15 is 0 Å². The van der Waals surface area contributed by atoms with E-state index in [9.17, 15) is 14.7 Å². The summed E-state index contributed by atoms with van der Waals surface area (Å²) >= 11 is 0. The van der Waals surface area contributed by atoms with E-state index in [1.165, 1.54) is 6.33 Å². The summed E-state index contributed by atoms with van der Waals surface area (Å²) in [6.45, 7) is 4.44. The highest BCUT2D eigenvalue weighted by atomic mass is 16.4. The first-order chi connectivity index (χ1) is 13.4. The van der Waals surface area contributed by atoms with Crippen molar-refractivity contribution in [3.05, 3.63) is 59.2 Å². The van der Waals surface area contributed by atoms with Gasteiger partial charge in [-0.25, -0.2) is 9.78 Å². The Morgan fingerprint density at radius 3 is 2.71 bits per heavy atom. The van der Waals surface area contributed by atoms with E-state index in [0.717, 1.165) is 35.1 Å². The molecule has 0 saturated carbocycles. The molecule has 2 aliphatic rings. The molecule has 0 bridgehead atoms. The normalized spacial score (nSPS) is 20.6. The van der Waals surface area contributed by atoms with Crippen molar-refractivity contribution in [2.24, 2.45) is 10.4 Å². The summed E-state index contributed by atoms with van der Waals surface area (Å²) < 4.78 is 0. The van der Waals surface area contributed by atoms with Gasteiger partial charge in [-0.3, -0.25) is 9.79 Å². The van der Waals surface area contributed by atoms with Crippen LogP contribution in [0.5, 0.6) is 0 Å². The summed E-state index contributed by atoms with van der Waals surface area (Å²) in [7, 11) is 0. The van der Waals surface area contributed by atoms with Gasteiger partial charge in [0.2, 0.25) is 5.78 Å². The zero-order valence-corrected chi connectivity index (χ0v) is 16.0. The van der Waals surface area contributed by atoms with Crippen molar-refractivity contribution in [1.82, 2.24) is 9.97 Å². The molecule has 1 aromatic carbocycles. The number of nitrogens with zero attached hydrogens (tertiary/aromatic N) is 2. The Kier molecular flexibility index (Phi) is 4.49. The summed E-state index contributed by atoms with van der Waals surface area (Å²) in [5.74, 6) is -1.18. The molecule has 6 nitrogen and oxygen atoms in total. The number of aromatic amines is 1. The molecule has 1 atom stereocenters. The van der Waals surface area contributed by atoms with E-state index in [2.05, 4.69) is 28.8 Å². The van der Waals surface area contributed by atoms with Crippen LogP contribution in [0.25, 0.3) is 5.57 Å². The Hall–Kier alpha value is -3.02. The van der Waals surface area contributed by atoms with Crippen molar-refractivity contribution < 1.29 is 14.7 Å². The molecule has 2 aliphatic carbocycles. The minimum absolute atomic E-state index is 0.125. The molecule has 1 unspecified atom stereocenters. The lowest BCUT2D eigenvalue weighted by atomic mass is 9.68. The van der Waals surface area contributed by atoms with Crippen LogP contribution in [0.2, 0.25) is 0 Å². The van der Waals surface area contributed by atoms with Crippen LogP contribution in [-0.2, 0) is 16.0 Å². The molecule has 2 aromatic rings. The van der Waals surface area contributed by atoms with E-state index in [1.54, 1.807) is 6.20 Å². The van der Waals surface area contributed by atoms with E-state index in [0.29, 0.717) is 12.1 Å². The second kappa shape index (κ2) is 6.86. The molecule has 0 spiro atoms. The standard InChI is InChI=1S/C22H23N3O3/c1-22(2)8-7-16-17(10-22)14-5-3-4-6-15(14)19(20(16)26)25-18(21(27)28)9-13-11-23-12-24-13/h3-6,11-12,18H,7-10H2,1-2H3,(H,23,24)(H,27,28). The van der Waals surface area contributed by atoms with Gasteiger partial charge >= 0.3 is 5.97 Å². The van der Waals surface area contributed by atoms with E-state index < -0.39 is 12.0 Å². The number of aliphatic imine (C=N–C) groups is 1. The van der Waals surface area contributed by atoms with Gasteiger partial charge in [-0.1, -0.05) is 38.1 Å². The van der Waals surface area contributed by atoms with Crippen molar-refractivity contribution in [2.75, 3.05) is 0 Å². The summed E-state index contributed by atoms with van der Waals surface area (Å²) in [4.78, 5) is 36.4. The number of Topliss-reactive ketones (excluding diaryl/α,β-unsaturated/α-hetero) is 1. The highest BCUT2D eigenvalue weighted by Gasteiger charge is 2.37. The summed E-state index contributed by atoms with van der Waals surface area (Å²) in [5, 5.41) is 9.67. The first-order valence-corrected chi connectivity index (χ1v) is 9.50. The minimum Gasteiger partial charge on any atom is -0.480 e. The third-order valence-electron chi connectivity index (χ3n) is 5.61. The largest absolute Gasteiger partial charge is 0.480 e. The average Bonchev–Trinajstić information content (AvgIpc) is 3.16. The number of H-pyrrole nitrogens is 1. The second-order valence-electron chi connectivity index (χ2n) is 8.29. The highest BCUT2D eigenvalue weighted by Crippen LogP contribution is 2.46. The molecular weight excluding hydrogens is 354 g/mol. The molecule has 0 radical (unpaired) electrons. The molecule has 1 heterocycles. The lowest BCUT2D eigenvalue weighted by Gasteiger charge is -2.36. The number of benzene rings is 1. The van der Waals surface area contributed by atoms with Gasteiger partial charge < -0.3 is 10.1 Å². The van der Waals surface area contributed by atoms with Crippen molar-refractivity contribution in [3.63, 3.8) is 0 Å². The van der Waals surface area contributed by atoms with Gasteiger partial charge in [0.25, 0.3) is 0 Å². The number of imidazole rings is 1. The Morgan fingerprint density at radius 1 is 1.29 bits per heavy atom. The topological polar surface area (TPSA) is 95.4 Å². The molecule has 144 valence electrons. The smallest absolute Gasteiger partial charge is 0.328 e. The van der Waals surface area contributed by atoms with Crippen LogP contribution in [0.1, 0.15) is 49.9 Å². The molecule has 2 N–H and O–H groups in total. The Balaban J connectivity index is 1.80. The van der Waals surface area contributed by atoms with E-state index in [1.807, 2.05) is 24.3 Å². The van der Waals surface area contributed by atoms with Crippen molar-refractivity contribution in [1.29, 1.82) is 0 Å². The predicted octanol–water partition coefficient (Wildman–Crippen LogP) is 3.44. The first-order valence-electron chi connectivity index (χ1n) is 9.50. The van der Waals surface area contributed by atoms with Gasteiger partial charge in [0.15, 0.2) is 6.04 Å². The fraction of sp³-hybridized carbons (Fsp3) is 0.364. The third-order valence-corrected chi connectivity index (χ3v) is 5.61. The van der Waals surface area contributed by atoms with Crippen LogP contribution in [0.15, 0.2) is 47.4 Å². The van der Waals surface area contributed by atoms with Crippen LogP contribution >= 0.6 is 0 Å². The third kappa shape index (κ3) is 3.30. The van der Waals surface area contributed by atoms with Crippen LogP contribution in [0, 0.1) is 5.41 Å². The molecule has 4 rings (SSSR count). The fourth-order valence-electron chi connectivity index (χ4n) is 4.09. The lowest BCUT2D eigenvalue weighted by Crippen LogP contribution is -2.33. The molecule has 0 aliphatic heterocycles. The Morgan fingerprint density at radius 2 is 2.04 bits per heavy atom. The number of rotatable bonds is 4. The molecule has 0 fully saturated rings. The molecule has 0 amide bonds. The zero-order valence-electron chi connectivity index (χ0n) is 16.0. The SMILES string of the molecule is CC1(C)CCC2=C(C1)c1ccccc1C(=NC(Cc1cnc[nH]1)C(=O)O)C2=O. The second-order valence-corrected chi connectivity index (χ2v) is 8.29. The van der Waals surface area contributed by atoms with Crippen LogP contribution in [0.4, 0.5) is 0 Å². The first kappa shape index (κ1) is 18.3. The number of allylic oxidation sites excluding steroid dienone is 2. The number of carbonyl (C=O) groups excluding carboxylic acids is 1. The maximum absolute atomic E-state index is 13.3. The zero-order chi connectivity index (χ0) is 19.9. The predicted molar refractivity (Wildman–Crippen MR) is 106 cm³/mol. The molecule has 1 aromatic heterocycles. The van der Waals surface area contributed by atoms with Gasteiger partial charge in [0.05, 0.1) is 6.33 Å². The number of aliphatic carboxylic acids is 1. The lowest BCUT2D eigenvalue weighted by molar-refractivity contribution is -0.138. The maximum atomic E-state index is 13.3. The summed E-state index contributed by atoms with van der Waals surface area (Å²) in [6.07, 6.45) is 5.72. The quantitative estimate of drug-likeness (QED) is 0.853. The number of hydrogen-bond donors (Lipinski definition) is 2. The maximum Gasteiger partial charge on any atom is 0.328 e. The molecule has 6 heteroatoms. The van der Waals surface area contributed by atoms with Crippen molar-refractivity contribution in [3.8, 4) is 0 Å². The number of aromatic nitrogens is 2. The monoisotopic (exact) mass is 377 g/mol. The summed E-state index contributed by atoms with van der Waals surface area (Å²) in [6, 6.07) is 6.66. The fourth-order valence-corrected chi connectivity index (χ4v) is 4.09. The van der Waals surface area contributed by atoms with E-state index in [-0.39, 0.29) is 23.3 Å². The van der Waals surface area contributed by atoms with Crippen molar-refractivity contribution >= 4 is 23.0 Å². The minimum atomic E-state index is -1.06. The average molecular weight is 377 g/mol. The van der Waals surface area contributed by atoms with Gasteiger partial charge in [0, 0.05) is 29.4 Å². The van der Waals surface area contributed by atoms with Gasteiger partial charge in [-0.2, -0.15) is 0 Å². The van der Waals surface area contributed by atoms with Crippen molar-refractivity contribution in [2.45, 2.75) is 45.6 Å². The van der Waals surface area contributed by atoms with E-state index in [4.69, 9.17) is 0 Å².